The van der Waals surface area contributed by atoms with Crippen LogP contribution in [0.5, 0.6) is 11.5 Å². The molecule has 0 aliphatic carbocycles. The number of rotatable bonds is 3. The number of likely N-dealkylation sites (N-methyl/N-ethyl adjacent to an activating group) is 1. The number of hydrogen-bond acceptors (Lipinski definition) is 3. The largest absolute Gasteiger partial charge is 0.504 e. The number of aromatic nitrogens is 1. The van der Waals surface area contributed by atoms with Crippen LogP contribution in [0.3, 0.4) is 0 Å². The number of benzene rings is 1. The Morgan fingerprint density at radius 2 is 2.00 bits per heavy atom. The maximum Gasteiger partial charge on any atom is 0.159 e. The standard InChI is InChI=1S/C11H14N2O2/c1-12-3-2-7-6-13-9-5-11(15)10(14)4-8(7)9/h4-6,12-15H,2-3H2,1H3. The molecule has 0 aliphatic heterocycles. The molecule has 2 rings (SSSR count). The van der Waals surface area contributed by atoms with Gasteiger partial charge in [0.05, 0.1) is 0 Å². The number of nitrogens with one attached hydrogen (secondary N) is 2. The molecule has 4 heteroatoms. The van der Waals surface area contributed by atoms with E-state index in [0.717, 1.165) is 29.4 Å². The zero-order chi connectivity index (χ0) is 10.8. The molecule has 0 unspecified atom stereocenters. The molecular weight excluding hydrogens is 192 g/mol. The second-order valence-electron chi connectivity index (χ2n) is 3.55. The predicted molar refractivity (Wildman–Crippen MR) is 59.3 cm³/mol. The van der Waals surface area contributed by atoms with Crippen LogP contribution in [-0.4, -0.2) is 28.8 Å². The van der Waals surface area contributed by atoms with Crippen LogP contribution < -0.4 is 5.32 Å². The highest BCUT2D eigenvalue weighted by Crippen LogP contribution is 2.31. The molecule has 4 N–H and O–H groups in total. The van der Waals surface area contributed by atoms with E-state index >= 15 is 0 Å². The summed E-state index contributed by atoms with van der Waals surface area (Å²) in [6.45, 7) is 0.884. The third kappa shape index (κ3) is 1.76. The van der Waals surface area contributed by atoms with Gasteiger partial charge in [-0.25, -0.2) is 0 Å². The van der Waals surface area contributed by atoms with Crippen LogP contribution in [-0.2, 0) is 6.42 Å². The minimum absolute atomic E-state index is 0.0761. The topological polar surface area (TPSA) is 68.3 Å². The Morgan fingerprint density at radius 3 is 2.73 bits per heavy atom. The minimum atomic E-state index is -0.0930. The third-order valence-electron chi connectivity index (χ3n) is 2.51. The zero-order valence-electron chi connectivity index (χ0n) is 8.54. The molecule has 0 radical (unpaired) electrons. The first-order valence-electron chi connectivity index (χ1n) is 4.89. The van der Waals surface area contributed by atoms with Gasteiger partial charge < -0.3 is 20.5 Å². The summed E-state index contributed by atoms with van der Waals surface area (Å²) in [5.41, 5.74) is 1.98. The second-order valence-corrected chi connectivity index (χ2v) is 3.55. The number of phenols is 2. The highest BCUT2D eigenvalue weighted by molar-refractivity contribution is 5.86. The SMILES string of the molecule is CNCCc1c[nH]c2cc(O)c(O)cc12. The van der Waals surface area contributed by atoms with Gasteiger partial charge in [-0.1, -0.05) is 0 Å². The summed E-state index contributed by atoms with van der Waals surface area (Å²) in [6.07, 6.45) is 2.79. The van der Waals surface area contributed by atoms with Crippen molar-refractivity contribution in [3.63, 3.8) is 0 Å². The van der Waals surface area contributed by atoms with Gasteiger partial charge >= 0.3 is 0 Å². The molecule has 1 aromatic carbocycles. The highest BCUT2D eigenvalue weighted by atomic mass is 16.3. The Labute approximate surface area is 87.6 Å². The molecule has 0 aliphatic rings. The van der Waals surface area contributed by atoms with Crippen LogP contribution in [0.2, 0.25) is 0 Å². The summed E-state index contributed by atoms with van der Waals surface area (Å²) < 4.78 is 0. The predicted octanol–water partition coefficient (Wildman–Crippen LogP) is 1.34. The molecule has 15 heavy (non-hydrogen) atoms. The second kappa shape index (κ2) is 3.82. The van der Waals surface area contributed by atoms with Crippen molar-refractivity contribution in [2.24, 2.45) is 0 Å². The van der Waals surface area contributed by atoms with Gasteiger partial charge in [0.1, 0.15) is 0 Å². The Hall–Kier alpha value is -1.68. The van der Waals surface area contributed by atoms with Crippen LogP contribution in [0.1, 0.15) is 5.56 Å². The Bertz CT molecular complexity index is 477. The monoisotopic (exact) mass is 206 g/mol. The van der Waals surface area contributed by atoms with E-state index in [1.807, 2.05) is 13.2 Å². The molecule has 0 atom stereocenters. The number of phenolic OH excluding ortho intramolecular Hbond substituents is 2. The number of fused-ring (bicyclic) bond motifs is 1. The van der Waals surface area contributed by atoms with Gasteiger partial charge in [0.2, 0.25) is 0 Å². The summed E-state index contributed by atoms with van der Waals surface area (Å²) >= 11 is 0. The number of aromatic amines is 1. The average molecular weight is 206 g/mol. The molecule has 2 aromatic rings. The van der Waals surface area contributed by atoms with Crippen LogP contribution in [0.25, 0.3) is 10.9 Å². The highest BCUT2D eigenvalue weighted by Gasteiger charge is 2.07. The third-order valence-corrected chi connectivity index (χ3v) is 2.51. The lowest BCUT2D eigenvalue weighted by Gasteiger charge is -2.00. The molecule has 0 fully saturated rings. The van der Waals surface area contributed by atoms with Gasteiger partial charge in [0.25, 0.3) is 0 Å². The van der Waals surface area contributed by atoms with Crippen molar-refractivity contribution in [1.82, 2.24) is 10.3 Å². The fourth-order valence-corrected chi connectivity index (χ4v) is 1.67. The lowest BCUT2D eigenvalue weighted by molar-refractivity contribution is 0.405. The van der Waals surface area contributed by atoms with E-state index in [1.54, 1.807) is 6.07 Å². The van der Waals surface area contributed by atoms with Crippen molar-refractivity contribution in [1.29, 1.82) is 0 Å². The van der Waals surface area contributed by atoms with E-state index in [-0.39, 0.29) is 11.5 Å². The molecule has 0 amide bonds. The maximum absolute atomic E-state index is 9.41. The molecule has 4 nitrogen and oxygen atoms in total. The van der Waals surface area contributed by atoms with Crippen LogP contribution in [0.15, 0.2) is 18.3 Å². The smallest absolute Gasteiger partial charge is 0.159 e. The van der Waals surface area contributed by atoms with Crippen molar-refractivity contribution >= 4 is 10.9 Å². The number of H-pyrrole nitrogens is 1. The Morgan fingerprint density at radius 1 is 1.27 bits per heavy atom. The van der Waals surface area contributed by atoms with Crippen LogP contribution in [0.4, 0.5) is 0 Å². The molecule has 0 saturated carbocycles. The molecule has 0 spiro atoms. The fourth-order valence-electron chi connectivity index (χ4n) is 1.67. The van der Waals surface area contributed by atoms with E-state index in [9.17, 15) is 10.2 Å². The van der Waals surface area contributed by atoms with Gasteiger partial charge in [-0.15, -0.1) is 0 Å². The number of hydrogen-bond donors (Lipinski definition) is 4. The van der Waals surface area contributed by atoms with Crippen molar-refractivity contribution in [3.05, 3.63) is 23.9 Å². The van der Waals surface area contributed by atoms with E-state index < -0.39 is 0 Å². The van der Waals surface area contributed by atoms with Crippen molar-refractivity contribution < 1.29 is 10.2 Å². The quantitative estimate of drug-likeness (QED) is 0.573. The first-order chi connectivity index (χ1) is 7.22. The normalized spacial score (nSPS) is 11.0. The number of aromatic hydroxyl groups is 2. The maximum atomic E-state index is 9.41. The van der Waals surface area contributed by atoms with Gasteiger partial charge in [-0.05, 0) is 31.6 Å². The Kier molecular flexibility index (Phi) is 2.51. The first-order valence-corrected chi connectivity index (χ1v) is 4.89. The van der Waals surface area contributed by atoms with Crippen molar-refractivity contribution in [2.45, 2.75) is 6.42 Å². The van der Waals surface area contributed by atoms with E-state index in [0.29, 0.717) is 0 Å². The summed E-state index contributed by atoms with van der Waals surface area (Å²) in [4.78, 5) is 3.07. The van der Waals surface area contributed by atoms with E-state index in [1.165, 1.54) is 6.07 Å². The molecular formula is C11H14N2O2. The van der Waals surface area contributed by atoms with Crippen molar-refractivity contribution in [2.75, 3.05) is 13.6 Å². The van der Waals surface area contributed by atoms with E-state index in [4.69, 9.17) is 0 Å². The summed E-state index contributed by atoms with van der Waals surface area (Å²) in [5.74, 6) is -0.169. The van der Waals surface area contributed by atoms with Crippen molar-refractivity contribution in [3.8, 4) is 11.5 Å². The zero-order valence-corrected chi connectivity index (χ0v) is 8.54. The van der Waals surface area contributed by atoms with Gasteiger partial charge in [-0.2, -0.15) is 0 Å². The minimum Gasteiger partial charge on any atom is -0.504 e. The average Bonchev–Trinajstić information content (AvgIpc) is 2.59. The fraction of sp³-hybridized carbons (Fsp3) is 0.273. The van der Waals surface area contributed by atoms with Gasteiger partial charge in [0.15, 0.2) is 11.5 Å². The summed E-state index contributed by atoms with van der Waals surface area (Å²) in [5, 5.41) is 22.8. The van der Waals surface area contributed by atoms with Gasteiger partial charge in [0, 0.05) is 23.2 Å². The van der Waals surface area contributed by atoms with Crippen LogP contribution in [0, 0.1) is 0 Å². The molecule has 0 saturated heterocycles. The molecule has 0 bridgehead atoms. The van der Waals surface area contributed by atoms with Gasteiger partial charge in [-0.3, -0.25) is 0 Å². The summed E-state index contributed by atoms with van der Waals surface area (Å²) in [7, 11) is 1.90. The lowest BCUT2D eigenvalue weighted by Crippen LogP contribution is -2.09. The Balaban J connectivity index is 2.45. The van der Waals surface area contributed by atoms with E-state index in [2.05, 4.69) is 10.3 Å². The summed E-state index contributed by atoms with van der Waals surface area (Å²) in [6, 6.07) is 3.12. The first kappa shape index (κ1) is 9.86. The molecule has 80 valence electrons. The molecule has 1 aromatic heterocycles. The van der Waals surface area contributed by atoms with Crippen LogP contribution >= 0.6 is 0 Å². The molecule has 1 heterocycles. The lowest BCUT2D eigenvalue weighted by atomic mass is 10.1.